The predicted octanol–water partition coefficient (Wildman–Crippen LogP) is 0.968. The van der Waals surface area contributed by atoms with Crippen molar-refractivity contribution in [3.63, 3.8) is 0 Å². The summed E-state index contributed by atoms with van der Waals surface area (Å²) in [6.45, 7) is 3.88. The predicted molar refractivity (Wildman–Crippen MR) is 109 cm³/mol. The van der Waals surface area contributed by atoms with Gasteiger partial charge in [0.25, 0.3) is 5.91 Å². The minimum absolute atomic E-state index is 0.0712. The molecule has 1 aliphatic heterocycles. The number of methoxy groups -OCH3 is 1. The van der Waals surface area contributed by atoms with Gasteiger partial charge in [0.15, 0.2) is 18.1 Å². The van der Waals surface area contributed by atoms with Gasteiger partial charge in [-0.1, -0.05) is 6.07 Å². The van der Waals surface area contributed by atoms with Crippen LogP contribution in [0, 0.1) is 0 Å². The largest absolute Gasteiger partial charge is 0.493 e. The van der Waals surface area contributed by atoms with Gasteiger partial charge < -0.3 is 28.7 Å². The number of esters is 1. The van der Waals surface area contributed by atoms with Crippen LogP contribution in [0.5, 0.6) is 11.5 Å². The third kappa shape index (κ3) is 7.07. The Hall–Kier alpha value is -3.07. The number of likely N-dealkylation sites (N-methyl/N-ethyl adjacent to an activating group) is 1. The third-order valence-electron chi connectivity index (χ3n) is 4.40. The molecule has 1 heterocycles. The Balaban J connectivity index is 1.80. The molecule has 164 valence electrons. The maximum absolute atomic E-state index is 12.2. The molecule has 9 heteroatoms. The van der Waals surface area contributed by atoms with E-state index in [9.17, 15) is 14.4 Å². The molecule has 9 nitrogen and oxygen atoms in total. The van der Waals surface area contributed by atoms with Crippen LogP contribution in [-0.4, -0.2) is 87.8 Å². The van der Waals surface area contributed by atoms with Gasteiger partial charge in [-0.15, -0.1) is 0 Å². The second-order valence-corrected chi connectivity index (χ2v) is 6.53. The summed E-state index contributed by atoms with van der Waals surface area (Å²) in [5, 5.41) is 0. The molecule has 0 saturated carbocycles. The van der Waals surface area contributed by atoms with Gasteiger partial charge in [-0.2, -0.15) is 0 Å². The SMILES string of the molecule is CCOc1ccc(/C=C/C(=O)OCC(=O)N(C)CC(=O)N2CCOCC2)cc1OC. The minimum Gasteiger partial charge on any atom is -0.493 e. The van der Waals surface area contributed by atoms with E-state index in [0.29, 0.717) is 50.0 Å². The minimum atomic E-state index is -0.663. The van der Waals surface area contributed by atoms with Crippen molar-refractivity contribution in [1.82, 2.24) is 9.80 Å². The molecule has 0 unspecified atom stereocenters. The van der Waals surface area contributed by atoms with Gasteiger partial charge in [-0.3, -0.25) is 9.59 Å². The van der Waals surface area contributed by atoms with E-state index in [1.54, 1.807) is 29.2 Å². The Bertz CT molecular complexity index is 773. The molecule has 30 heavy (non-hydrogen) atoms. The molecule has 0 aliphatic carbocycles. The van der Waals surface area contributed by atoms with Gasteiger partial charge in [0, 0.05) is 26.2 Å². The maximum Gasteiger partial charge on any atom is 0.331 e. The second-order valence-electron chi connectivity index (χ2n) is 6.53. The van der Waals surface area contributed by atoms with Crippen LogP contribution < -0.4 is 9.47 Å². The highest BCUT2D eigenvalue weighted by Gasteiger charge is 2.20. The lowest BCUT2D eigenvalue weighted by molar-refractivity contribution is -0.149. The number of carbonyl (C=O) groups is 3. The van der Waals surface area contributed by atoms with Crippen LogP contribution in [0.25, 0.3) is 6.08 Å². The van der Waals surface area contributed by atoms with E-state index in [1.165, 1.54) is 25.1 Å². The molecule has 0 N–H and O–H groups in total. The van der Waals surface area contributed by atoms with Crippen molar-refractivity contribution in [3.8, 4) is 11.5 Å². The molecule has 1 aromatic carbocycles. The zero-order valence-electron chi connectivity index (χ0n) is 17.6. The van der Waals surface area contributed by atoms with Crippen LogP contribution >= 0.6 is 0 Å². The smallest absolute Gasteiger partial charge is 0.331 e. The summed E-state index contributed by atoms with van der Waals surface area (Å²) in [5.41, 5.74) is 0.715. The van der Waals surface area contributed by atoms with E-state index in [0.717, 1.165) is 0 Å². The molecule has 0 spiro atoms. The fourth-order valence-corrected chi connectivity index (χ4v) is 2.72. The van der Waals surface area contributed by atoms with Crippen molar-refractivity contribution in [2.45, 2.75) is 6.92 Å². The molecule has 1 aromatic rings. The number of nitrogens with zero attached hydrogens (tertiary/aromatic N) is 2. The first-order chi connectivity index (χ1) is 14.4. The lowest BCUT2D eigenvalue weighted by atomic mass is 10.2. The van der Waals surface area contributed by atoms with Crippen LogP contribution in [-0.2, 0) is 23.9 Å². The van der Waals surface area contributed by atoms with Crippen LogP contribution in [0.1, 0.15) is 12.5 Å². The van der Waals surface area contributed by atoms with Gasteiger partial charge in [-0.25, -0.2) is 4.79 Å². The monoisotopic (exact) mass is 420 g/mol. The summed E-state index contributed by atoms with van der Waals surface area (Å²) >= 11 is 0. The maximum atomic E-state index is 12.2. The third-order valence-corrected chi connectivity index (χ3v) is 4.40. The first kappa shape index (κ1) is 23.2. The average Bonchev–Trinajstić information content (AvgIpc) is 2.77. The lowest BCUT2D eigenvalue weighted by Gasteiger charge is -2.28. The van der Waals surface area contributed by atoms with Crippen molar-refractivity contribution in [2.75, 3.05) is 60.2 Å². The van der Waals surface area contributed by atoms with Crippen molar-refractivity contribution >= 4 is 23.9 Å². The fourth-order valence-electron chi connectivity index (χ4n) is 2.72. The first-order valence-electron chi connectivity index (χ1n) is 9.69. The van der Waals surface area contributed by atoms with Crippen molar-refractivity contribution in [2.24, 2.45) is 0 Å². The molecule has 2 rings (SSSR count). The van der Waals surface area contributed by atoms with Crippen LogP contribution in [0.4, 0.5) is 0 Å². The van der Waals surface area contributed by atoms with E-state index < -0.39 is 18.5 Å². The molecule has 1 aliphatic rings. The molecular formula is C21H28N2O7. The molecule has 0 bridgehead atoms. The highest BCUT2D eigenvalue weighted by Crippen LogP contribution is 2.28. The van der Waals surface area contributed by atoms with Gasteiger partial charge >= 0.3 is 5.97 Å². The molecule has 0 aromatic heterocycles. The normalized spacial score (nSPS) is 13.8. The van der Waals surface area contributed by atoms with Gasteiger partial charge in [0.2, 0.25) is 5.91 Å². The van der Waals surface area contributed by atoms with Gasteiger partial charge in [-0.05, 0) is 30.7 Å². The van der Waals surface area contributed by atoms with E-state index >= 15 is 0 Å². The Morgan fingerprint density at radius 3 is 2.60 bits per heavy atom. The summed E-state index contributed by atoms with van der Waals surface area (Å²) in [7, 11) is 3.03. The Labute approximate surface area is 176 Å². The highest BCUT2D eigenvalue weighted by atomic mass is 16.5. The highest BCUT2D eigenvalue weighted by molar-refractivity contribution is 5.90. The lowest BCUT2D eigenvalue weighted by Crippen LogP contribution is -2.46. The van der Waals surface area contributed by atoms with Crippen molar-refractivity contribution in [1.29, 1.82) is 0 Å². The number of hydrogen-bond donors (Lipinski definition) is 0. The van der Waals surface area contributed by atoms with Gasteiger partial charge in [0.05, 0.1) is 33.5 Å². The number of hydrogen-bond acceptors (Lipinski definition) is 7. The number of amides is 2. The summed E-state index contributed by atoms with van der Waals surface area (Å²) in [5.74, 6) is -0.121. The molecule has 0 atom stereocenters. The van der Waals surface area contributed by atoms with Crippen molar-refractivity contribution < 1.29 is 33.3 Å². The second kappa shape index (κ2) is 11.8. The first-order valence-corrected chi connectivity index (χ1v) is 9.69. The van der Waals surface area contributed by atoms with E-state index in [4.69, 9.17) is 18.9 Å². The molecular weight excluding hydrogens is 392 g/mol. The summed E-state index contributed by atoms with van der Waals surface area (Å²) < 4.78 is 20.9. The molecule has 0 radical (unpaired) electrons. The fraction of sp³-hybridized carbons (Fsp3) is 0.476. The summed E-state index contributed by atoms with van der Waals surface area (Å²) in [6, 6.07) is 5.25. The van der Waals surface area contributed by atoms with Crippen LogP contribution in [0.2, 0.25) is 0 Å². The Kier molecular flexibility index (Phi) is 9.14. The number of ether oxygens (including phenoxy) is 4. The Morgan fingerprint density at radius 2 is 1.93 bits per heavy atom. The summed E-state index contributed by atoms with van der Waals surface area (Å²) in [4.78, 5) is 39.1. The number of benzene rings is 1. The Morgan fingerprint density at radius 1 is 1.20 bits per heavy atom. The van der Waals surface area contributed by atoms with Crippen molar-refractivity contribution in [3.05, 3.63) is 29.8 Å². The number of morpholine rings is 1. The van der Waals surface area contributed by atoms with E-state index in [1.807, 2.05) is 6.92 Å². The molecule has 1 saturated heterocycles. The quantitative estimate of drug-likeness (QED) is 0.434. The number of carbonyl (C=O) groups excluding carboxylic acids is 3. The number of rotatable bonds is 9. The van der Waals surface area contributed by atoms with E-state index in [2.05, 4.69) is 0 Å². The zero-order chi connectivity index (χ0) is 21.9. The van der Waals surface area contributed by atoms with Crippen LogP contribution in [0.3, 0.4) is 0 Å². The zero-order valence-corrected chi connectivity index (χ0v) is 17.6. The topological polar surface area (TPSA) is 94.6 Å². The van der Waals surface area contributed by atoms with E-state index in [-0.39, 0.29) is 12.5 Å². The van der Waals surface area contributed by atoms with Crippen LogP contribution in [0.15, 0.2) is 24.3 Å². The molecule has 1 fully saturated rings. The standard InChI is InChI=1S/C21H28N2O7/c1-4-29-17-7-5-16(13-18(17)27-3)6-8-21(26)30-15-20(25)22(2)14-19(24)23-9-11-28-12-10-23/h5-8,13H,4,9-12,14-15H2,1-3H3/b8-6+. The molecule has 2 amide bonds. The average molecular weight is 420 g/mol. The van der Waals surface area contributed by atoms with Gasteiger partial charge in [0.1, 0.15) is 0 Å². The summed E-state index contributed by atoms with van der Waals surface area (Å²) in [6.07, 6.45) is 2.78.